The van der Waals surface area contributed by atoms with Gasteiger partial charge in [-0.15, -0.1) is 0 Å². The van der Waals surface area contributed by atoms with Crippen LogP contribution in [0.15, 0.2) is 23.1 Å². The Labute approximate surface area is 141 Å². The Balaban J connectivity index is 2.09. The zero-order chi connectivity index (χ0) is 18.1. The fraction of sp³-hybridized carbons (Fsp3) is 0.562. The van der Waals surface area contributed by atoms with Gasteiger partial charge in [-0.1, -0.05) is 0 Å². The fourth-order valence-electron chi connectivity index (χ4n) is 2.64. The molecule has 1 amide bonds. The van der Waals surface area contributed by atoms with E-state index in [2.05, 4.69) is 5.32 Å². The predicted molar refractivity (Wildman–Crippen MR) is 85.7 cm³/mol. The molecule has 1 aliphatic rings. The maximum atomic E-state index is 13.8. The lowest BCUT2D eigenvalue weighted by atomic mass is 9.96. The summed E-state index contributed by atoms with van der Waals surface area (Å²) >= 11 is 0. The Bertz CT molecular complexity index is 721. The van der Waals surface area contributed by atoms with Crippen molar-refractivity contribution in [3.8, 4) is 0 Å². The first-order valence-electron chi connectivity index (χ1n) is 7.78. The summed E-state index contributed by atoms with van der Waals surface area (Å²) in [5.41, 5.74) is -0.356. The lowest BCUT2D eigenvalue weighted by Crippen LogP contribution is -2.47. The molecule has 1 aromatic rings. The molecule has 0 atom stereocenters. The van der Waals surface area contributed by atoms with E-state index >= 15 is 0 Å². The van der Waals surface area contributed by atoms with Crippen LogP contribution in [0.2, 0.25) is 0 Å². The van der Waals surface area contributed by atoms with Crippen LogP contribution in [0.5, 0.6) is 0 Å². The third-order valence-electron chi connectivity index (χ3n) is 3.83. The minimum absolute atomic E-state index is 0.0977. The van der Waals surface area contributed by atoms with Gasteiger partial charge >= 0.3 is 0 Å². The summed E-state index contributed by atoms with van der Waals surface area (Å²) in [7, 11) is -4.11. The standard InChI is InChI=1S/C16H22F2N2O3S/c1-16(2,3)19-15(21)11-6-8-20(9-7-11)24(22,23)14-10-12(17)4-5-13(14)18/h4-5,10-11H,6-9H2,1-3H3,(H,19,21). The molecule has 1 N–H and O–H groups in total. The quantitative estimate of drug-likeness (QED) is 0.899. The van der Waals surface area contributed by atoms with E-state index in [9.17, 15) is 22.0 Å². The summed E-state index contributed by atoms with van der Waals surface area (Å²) in [4.78, 5) is 11.5. The molecule has 5 nitrogen and oxygen atoms in total. The molecule has 24 heavy (non-hydrogen) atoms. The van der Waals surface area contributed by atoms with Gasteiger partial charge in [0.2, 0.25) is 15.9 Å². The van der Waals surface area contributed by atoms with E-state index in [4.69, 9.17) is 0 Å². The Hall–Kier alpha value is -1.54. The number of nitrogens with one attached hydrogen (secondary N) is 1. The maximum Gasteiger partial charge on any atom is 0.246 e. The highest BCUT2D eigenvalue weighted by molar-refractivity contribution is 7.89. The van der Waals surface area contributed by atoms with E-state index in [1.54, 1.807) is 0 Å². The largest absolute Gasteiger partial charge is 0.351 e. The van der Waals surface area contributed by atoms with Gasteiger partial charge in [0, 0.05) is 24.5 Å². The summed E-state index contributed by atoms with van der Waals surface area (Å²) < 4.78 is 53.1. The fourth-order valence-corrected chi connectivity index (χ4v) is 4.19. The molecular weight excluding hydrogens is 338 g/mol. The number of piperidine rings is 1. The molecule has 0 bridgehead atoms. The van der Waals surface area contributed by atoms with Crippen LogP contribution < -0.4 is 5.32 Å². The molecular formula is C16H22F2N2O3S. The molecule has 0 aliphatic carbocycles. The van der Waals surface area contributed by atoms with Crippen molar-refractivity contribution in [2.75, 3.05) is 13.1 Å². The SMILES string of the molecule is CC(C)(C)NC(=O)C1CCN(S(=O)(=O)c2cc(F)ccc2F)CC1. The molecule has 8 heteroatoms. The van der Waals surface area contributed by atoms with Gasteiger partial charge in [-0.05, 0) is 51.8 Å². The first kappa shape index (κ1) is 18.8. The number of rotatable bonds is 3. The summed E-state index contributed by atoms with van der Waals surface area (Å²) in [5.74, 6) is -2.19. The zero-order valence-corrected chi connectivity index (χ0v) is 14.8. The van der Waals surface area contributed by atoms with Crippen molar-refractivity contribution in [1.82, 2.24) is 9.62 Å². The highest BCUT2D eigenvalue weighted by Gasteiger charge is 2.34. The van der Waals surface area contributed by atoms with Crippen LogP contribution in [0.3, 0.4) is 0 Å². The normalized spacial score (nSPS) is 17.7. The van der Waals surface area contributed by atoms with Crippen LogP contribution in [-0.4, -0.2) is 37.3 Å². The predicted octanol–water partition coefficient (Wildman–Crippen LogP) is 2.28. The highest BCUT2D eigenvalue weighted by Crippen LogP contribution is 2.26. The second kappa shape index (κ2) is 6.76. The minimum atomic E-state index is -4.11. The summed E-state index contributed by atoms with van der Waals surface area (Å²) in [6.45, 7) is 5.81. The smallest absolute Gasteiger partial charge is 0.246 e. The minimum Gasteiger partial charge on any atom is -0.351 e. The molecule has 0 unspecified atom stereocenters. The van der Waals surface area contributed by atoms with Crippen molar-refractivity contribution in [3.05, 3.63) is 29.8 Å². The third-order valence-corrected chi connectivity index (χ3v) is 5.75. The number of amides is 1. The van der Waals surface area contributed by atoms with Gasteiger partial charge < -0.3 is 5.32 Å². The van der Waals surface area contributed by atoms with E-state index in [0.29, 0.717) is 18.9 Å². The van der Waals surface area contributed by atoms with Gasteiger partial charge in [0.1, 0.15) is 16.5 Å². The molecule has 2 rings (SSSR count). The maximum absolute atomic E-state index is 13.8. The van der Waals surface area contributed by atoms with Crippen molar-refractivity contribution in [3.63, 3.8) is 0 Å². The lowest BCUT2D eigenvalue weighted by molar-refractivity contribution is -0.127. The van der Waals surface area contributed by atoms with E-state index in [1.165, 1.54) is 0 Å². The van der Waals surface area contributed by atoms with Crippen molar-refractivity contribution < 1.29 is 22.0 Å². The van der Waals surface area contributed by atoms with Crippen molar-refractivity contribution >= 4 is 15.9 Å². The van der Waals surface area contributed by atoms with Crippen molar-refractivity contribution in [1.29, 1.82) is 0 Å². The zero-order valence-electron chi connectivity index (χ0n) is 14.0. The number of hydrogen-bond donors (Lipinski definition) is 1. The van der Waals surface area contributed by atoms with Crippen LogP contribution in [0.25, 0.3) is 0 Å². The number of nitrogens with zero attached hydrogens (tertiary/aromatic N) is 1. The molecule has 0 spiro atoms. The van der Waals surface area contributed by atoms with E-state index < -0.39 is 26.6 Å². The Morgan fingerprint density at radius 1 is 1.21 bits per heavy atom. The number of carbonyl (C=O) groups is 1. The Morgan fingerprint density at radius 2 is 1.79 bits per heavy atom. The van der Waals surface area contributed by atoms with E-state index in [0.717, 1.165) is 16.4 Å². The molecule has 1 aromatic carbocycles. The highest BCUT2D eigenvalue weighted by atomic mass is 32.2. The second-order valence-corrected chi connectivity index (χ2v) is 8.90. The van der Waals surface area contributed by atoms with Crippen LogP contribution >= 0.6 is 0 Å². The Kier molecular flexibility index (Phi) is 5.29. The van der Waals surface area contributed by atoms with Gasteiger partial charge in [0.05, 0.1) is 0 Å². The number of hydrogen-bond acceptors (Lipinski definition) is 3. The van der Waals surface area contributed by atoms with Crippen LogP contribution in [0, 0.1) is 17.6 Å². The molecule has 0 radical (unpaired) electrons. The number of halogens is 2. The van der Waals surface area contributed by atoms with Gasteiger partial charge in [-0.2, -0.15) is 4.31 Å². The van der Waals surface area contributed by atoms with Gasteiger partial charge in [0.15, 0.2) is 0 Å². The van der Waals surface area contributed by atoms with Crippen LogP contribution in [0.1, 0.15) is 33.6 Å². The molecule has 1 saturated heterocycles. The molecule has 134 valence electrons. The van der Waals surface area contributed by atoms with Crippen LogP contribution in [-0.2, 0) is 14.8 Å². The van der Waals surface area contributed by atoms with Gasteiger partial charge in [0.25, 0.3) is 0 Å². The molecule has 1 aliphatic heterocycles. The van der Waals surface area contributed by atoms with Crippen molar-refractivity contribution in [2.45, 2.75) is 44.0 Å². The van der Waals surface area contributed by atoms with E-state index in [-0.39, 0.29) is 30.5 Å². The van der Waals surface area contributed by atoms with Crippen molar-refractivity contribution in [2.24, 2.45) is 5.92 Å². The molecule has 1 fully saturated rings. The number of benzene rings is 1. The number of carbonyl (C=O) groups excluding carboxylic acids is 1. The summed E-state index contributed by atoms with van der Waals surface area (Å²) in [6, 6.07) is 2.35. The monoisotopic (exact) mass is 360 g/mol. The van der Waals surface area contributed by atoms with Crippen LogP contribution in [0.4, 0.5) is 8.78 Å². The second-order valence-electron chi connectivity index (χ2n) is 6.99. The first-order valence-corrected chi connectivity index (χ1v) is 9.22. The van der Waals surface area contributed by atoms with E-state index in [1.807, 2.05) is 20.8 Å². The third kappa shape index (κ3) is 4.30. The van der Waals surface area contributed by atoms with Gasteiger partial charge in [-0.3, -0.25) is 4.79 Å². The summed E-state index contributed by atoms with van der Waals surface area (Å²) in [5, 5.41) is 2.87. The topological polar surface area (TPSA) is 66.5 Å². The Morgan fingerprint density at radius 3 is 2.33 bits per heavy atom. The first-order chi connectivity index (χ1) is 11.0. The molecule has 0 aromatic heterocycles. The summed E-state index contributed by atoms with van der Waals surface area (Å²) in [6.07, 6.45) is 0.691. The molecule has 0 saturated carbocycles. The van der Waals surface area contributed by atoms with Gasteiger partial charge in [-0.25, -0.2) is 17.2 Å². The number of sulfonamides is 1. The average Bonchev–Trinajstić information content (AvgIpc) is 2.48. The lowest BCUT2D eigenvalue weighted by Gasteiger charge is -2.32. The average molecular weight is 360 g/mol. The molecule has 1 heterocycles.